The Balaban J connectivity index is 1.59. The van der Waals surface area contributed by atoms with E-state index >= 15 is 0 Å². The highest BCUT2D eigenvalue weighted by atomic mass is 15.3. The summed E-state index contributed by atoms with van der Waals surface area (Å²) in [5, 5.41) is 11.3. The summed E-state index contributed by atoms with van der Waals surface area (Å²) in [6.07, 6.45) is 5.53. The molecule has 0 unspecified atom stereocenters. The molecule has 2 aromatic rings. The van der Waals surface area contributed by atoms with Gasteiger partial charge in [0.2, 0.25) is 0 Å². The van der Waals surface area contributed by atoms with Gasteiger partial charge in [-0.3, -0.25) is 0 Å². The Kier molecular flexibility index (Phi) is 3.11. The van der Waals surface area contributed by atoms with Gasteiger partial charge in [0.25, 0.3) is 0 Å². The maximum atomic E-state index is 4.06. The molecule has 0 bridgehead atoms. The molecule has 4 nitrogen and oxygen atoms in total. The van der Waals surface area contributed by atoms with Crippen LogP contribution in [0.4, 0.5) is 0 Å². The van der Waals surface area contributed by atoms with E-state index in [1.807, 2.05) is 11.6 Å². The molecule has 0 amide bonds. The van der Waals surface area contributed by atoms with Crippen LogP contribution in [0.25, 0.3) is 0 Å². The Morgan fingerprint density at radius 2 is 2.11 bits per heavy atom. The Morgan fingerprint density at radius 3 is 2.94 bits per heavy atom. The minimum absolute atomic E-state index is 0.758. The number of aryl methyl sites for hydroxylation is 3. The zero-order chi connectivity index (χ0) is 12.4. The second-order valence-electron chi connectivity index (χ2n) is 4.92. The van der Waals surface area contributed by atoms with Crippen LogP contribution in [0.3, 0.4) is 0 Å². The van der Waals surface area contributed by atoms with Crippen molar-refractivity contribution in [1.29, 1.82) is 0 Å². The number of nitrogens with one attached hydrogen (secondary N) is 1. The highest BCUT2D eigenvalue weighted by Gasteiger charge is 2.10. The van der Waals surface area contributed by atoms with E-state index in [1.54, 1.807) is 6.33 Å². The maximum Gasteiger partial charge on any atom is 0.146 e. The molecule has 1 aliphatic rings. The van der Waals surface area contributed by atoms with Gasteiger partial charge in [0.1, 0.15) is 12.2 Å². The second kappa shape index (κ2) is 4.90. The minimum atomic E-state index is 0.758. The lowest BCUT2D eigenvalue weighted by Gasteiger charge is -2.06. The fraction of sp³-hybridized carbons (Fsp3) is 0.429. The lowest BCUT2D eigenvalue weighted by atomic mass is 10.1. The van der Waals surface area contributed by atoms with Crippen LogP contribution >= 0.6 is 0 Å². The topological polar surface area (TPSA) is 42.7 Å². The van der Waals surface area contributed by atoms with E-state index in [-0.39, 0.29) is 0 Å². The molecular formula is C14H18N4. The first-order valence-electron chi connectivity index (χ1n) is 6.47. The van der Waals surface area contributed by atoms with Gasteiger partial charge in [-0.2, -0.15) is 0 Å². The molecule has 94 valence electrons. The Morgan fingerprint density at radius 1 is 1.22 bits per heavy atom. The normalized spacial score (nSPS) is 13.8. The van der Waals surface area contributed by atoms with E-state index in [9.17, 15) is 0 Å². The fourth-order valence-corrected chi connectivity index (χ4v) is 2.52. The lowest BCUT2D eigenvalue weighted by Crippen LogP contribution is -2.15. The fourth-order valence-electron chi connectivity index (χ4n) is 2.52. The standard InChI is InChI=1S/C14H18N4/c1-18-10-16-17-14(18)9-15-8-11-5-6-12-3-2-4-13(12)7-11/h5-7,10,15H,2-4,8-9H2,1H3. The first-order valence-corrected chi connectivity index (χ1v) is 6.47. The van der Waals surface area contributed by atoms with Crippen LogP contribution in [0.1, 0.15) is 28.9 Å². The van der Waals surface area contributed by atoms with E-state index in [0.29, 0.717) is 0 Å². The molecule has 1 aliphatic carbocycles. The summed E-state index contributed by atoms with van der Waals surface area (Å²) in [6.45, 7) is 1.65. The minimum Gasteiger partial charge on any atom is -0.320 e. The highest BCUT2D eigenvalue weighted by Crippen LogP contribution is 2.22. The van der Waals surface area contributed by atoms with Crippen LogP contribution < -0.4 is 5.32 Å². The van der Waals surface area contributed by atoms with Crippen molar-refractivity contribution in [3.8, 4) is 0 Å². The molecule has 1 heterocycles. The van der Waals surface area contributed by atoms with Crippen molar-refractivity contribution in [2.24, 2.45) is 7.05 Å². The van der Waals surface area contributed by atoms with E-state index in [2.05, 4.69) is 33.7 Å². The van der Waals surface area contributed by atoms with Gasteiger partial charge in [-0.1, -0.05) is 18.2 Å². The monoisotopic (exact) mass is 242 g/mol. The third-order valence-electron chi connectivity index (χ3n) is 3.58. The molecule has 0 radical (unpaired) electrons. The van der Waals surface area contributed by atoms with Crippen molar-refractivity contribution in [2.45, 2.75) is 32.4 Å². The van der Waals surface area contributed by atoms with Gasteiger partial charge in [-0.15, -0.1) is 10.2 Å². The maximum absolute atomic E-state index is 4.06. The average Bonchev–Trinajstić information content (AvgIpc) is 2.98. The van der Waals surface area contributed by atoms with Crippen molar-refractivity contribution in [2.75, 3.05) is 0 Å². The van der Waals surface area contributed by atoms with E-state index in [1.165, 1.54) is 36.0 Å². The Hall–Kier alpha value is -1.68. The third-order valence-corrected chi connectivity index (χ3v) is 3.58. The predicted octanol–water partition coefficient (Wildman–Crippen LogP) is 1.59. The van der Waals surface area contributed by atoms with Crippen molar-refractivity contribution in [1.82, 2.24) is 20.1 Å². The van der Waals surface area contributed by atoms with Crippen molar-refractivity contribution in [3.63, 3.8) is 0 Å². The van der Waals surface area contributed by atoms with Gasteiger partial charge < -0.3 is 9.88 Å². The van der Waals surface area contributed by atoms with Gasteiger partial charge in [-0.05, 0) is 36.0 Å². The summed E-state index contributed by atoms with van der Waals surface area (Å²) in [5.74, 6) is 0.969. The first-order chi connectivity index (χ1) is 8.83. The summed E-state index contributed by atoms with van der Waals surface area (Å²) in [6, 6.07) is 6.85. The molecule has 0 spiro atoms. The molecule has 0 atom stereocenters. The quantitative estimate of drug-likeness (QED) is 0.885. The molecule has 3 rings (SSSR count). The lowest BCUT2D eigenvalue weighted by molar-refractivity contribution is 0.637. The SMILES string of the molecule is Cn1cnnc1CNCc1ccc2c(c1)CCC2. The van der Waals surface area contributed by atoms with Crippen LogP contribution in [0.15, 0.2) is 24.5 Å². The number of aromatic nitrogens is 3. The van der Waals surface area contributed by atoms with Crippen LogP contribution in [-0.4, -0.2) is 14.8 Å². The third kappa shape index (κ3) is 2.29. The van der Waals surface area contributed by atoms with Gasteiger partial charge in [-0.25, -0.2) is 0 Å². The van der Waals surface area contributed by atoms with Crippen LogP contribution in [-0.2, 0) is 33.0 Å². The number of benzene rings is 1. The smallest absolute Gasteiger partial charge is 0.146 e. The zero-order valence-corrected chi connectivity index (χ0v) is 10.7. The molecule has 0 saturated heterocycles. The average molecular weight is 242 g/mol. The van der Waals surface area contributed by atoms with Crippen LogP contribution in [0.5, 0.6) is 0 Å². The number of fused-ring (bicyclic) bond motifs is 1. The summed E-state index contributed by atoms with van der Waals surface area (Å²) in [4.78, 5) is 0. The number of rotatable bonds is 4. The van der Waals surface area contributed by atoms with Gasteiger partial charge in [0, 0.05) is 13.6 Å². The molecular weight excluding hydrogens is 224 g/mol. The van der Waals surface area contributed by atoms with Gasteiger partial charge in [0.15, 0.2) is 0 Å². The Labute approximate surface area is 107 Å². The number of hydrogen-bond acceptors (Lipinski definition) is 3. The highest BCUT2D eigenvalue weighted by molar-refractivity contribution is 5.35. The summed E-state index contributed by atoms with van der Waals surface area (Å²) < 4.78 is 1.94. The van der Waals surface area contributed by atoms with E-state index < -0.39 is 0 Å². The molecule has 0 saturated carbocycles. The molecule has 4 heteroatoms. The summed E-state index contributed by atoms with van der Waals surface area (Å²) in [5.41, 5.74) is 4.43. The Bertz CT molecular complexity index is 544. The van der Waals surface area contributed by atoms with Gasteiger partial charge >= 0.3 is 0 Å². The number of hydrogen-bond donors (Lipinski definition) is 1. The molecule has 0 aliphatic heterocycles. The molecule has 1 aromatic heterocycles. The second-order valence-corrected chi connectivity index (χ2v) is 4.92. The van der Waals surface area contributed by atoms with Crippen molar-refractivity contribution < 1.29 is 0 Å². The molecule has 18 heavy (non-hydrogen) atoms. The summed E-state index contributed by atoms with van der Waals surface area (Å²) in [7, 11) is 1.96. The number of nitrogens with zero attached hydrogens (tertiary/aromatic N) is 3. The van der Waals surface area contributed by atoms with Gasteiger partial charge in [0.05, 0.1) is 6.54 Å². The predicted molar refractivity (Wildman–Crippen MR) is 70.0 cm³/mol. The molecule has 1 aromatic carbocycles. The van der Waals surface area contributed by atoms with Crippen LogP contribution in [0.2, 0.25) is 0 Å². The largest absolute Gasteiger partial charge is 0.320 e. The zero-order valence-electron chi connectivity index (χ0n) is 10.7. The van der Waals surface area contributed by atoms with Crippen molar-refractivity contribution >= 4 is 0 Å². The van der Waals surface area contributed by atoms with E-state index in [0.717, 1.165) is 18.9 Å². The molecule has 0 fully saturated rings. The first kappa shape index (κ1) is 11.4. The van der Waals surface area contributed by atoms with Crippen molar-refractivity contribution in [3.05, 3.63) is 47.0 Å². The van der Waals surface area contributed by atoms with E-state index in [4.69, 9.17) is 0 Å². The summed E-state index contributed by atoms with van der Waals surface area (Å²) >= 11 is 0. The van der Waals surface area contributed by atoms with Crippen LogP contribution in [0, 0.1) is 0 Å². The molecule has 1 N–H and O–H groups in total.